The Balaban J connectivity index is 1.95. The second kappa shape index (κ2) is 5.20. The molecule has 21 heavy (non-hydrogen) atoms. The second-order valence-electron chi connectivity index (χ2n) is 5.31. The maximum absolute atomic E-state index is 11.3. The number of carbonyl (C=O) groups is 1. The minimum Gasteiger partial charge on any atom is -0.480 e. The molecule has 0 amide bonds. The number of aliphatic carboxylic acids is 1. The quantitative estimate of drug-likeness (QED) is 0.872. The predicted octanol–water partition coefficient (Wildman–Crippen LogP) is 0.831. The van der Waals surface area contributed by atoms with Gasteiger partial charge in [-0.25, -0.2) is 0 Å². The van der Waals surface area contributed by atoms with Gasteiger partial charge in [-0.2, -0.15) is 5.26 Å². The van der Waals surface area contributed by atoms with Crippen molar-refractivity contribution in [2.75, 3.05) is 6.54 Å². The lowest BCUT2D eigenvalue weighted by molar-refractivity contribution is -0.142. The third-order valence-electron chi connectivity index (χ3n) is 3.91. The summed E-state index contributed by atoms with van der Waals surface area (Å²) in [7, 11) is 0. The molecule has 2 atom stereocenters. The molecule has 0 bridgehead atoms. The second-order valence-corrected chi connectivity index (χ2v) is 5.31. The molecule has 2 N–H and O–H groups in total. The zero-order valence-corrected chi connectivity index (χ0v) is 11.3. The molecule has 2 unspecified atom stereocenters. The number of carboxylic acids is 1. The molecule has 0 radical (unpaired) electrons. The van der Waals surface area contributed by atoms with Crippen molar-refractivity contribution in [3.05, 3.63) is 41.7 Å². The monoisotopic (exact) mass is 285 g/mol. The Morgan fingerprint density at radius 2 is 2.29 bits per heavy atom. The molecule has 0 saturated carbocycles. The fourth-order valence-electron chi connectivity index (χ4n) is 2.96. The summed E-state index contributed by atoms with van der Waals surface area (Å²) in [6, 6.07) is 7.08. The van der Waals surface area contributed by atoms with Crippen LogP contribution >= 0.6 is 0 Å². The maximum atomic E-state index is 11.3. The number of nitriles is 1. The van der Waals surface area contributed by atoms with E-state index in [2.05, 4.69) is 6.07 Å². The van der Waals surface area contributed by atoms with E-state index >= 15 is 0 Å². The first kappa shape index (κ1) is 13.6. The summed E-state index contributed by atoms with van der Waals surface area (Å²) >= 11 is 0. The molecule has 1 aliphatic rings. The maximum Gasteiger partial charge on any atom is 0.321 e. The molecule has 3 heterocycles. The Kier molecular flexibility index (Phi) is 3.37. The highest BCUT2D eigenvalue weighted by Crippen LogP contribution is 2.24. The van der Waals surface area contributed by atoms with Gasteiger partial charge in [-0.15, -0.1) is 0 Å². The molecule has 6 nitrogen and oxygen atoms in total. The van der Waals surface area contributed by atoms with Crippen LogP contribution in [-0.4, -0.2) is 44.2 Å². The van der Waals surface area contributed by atoms with Crippen LogP contribution in [0, 0.1) is 11.3 Å². The van der Waals surface area contributed by atoms with Gasteiger partial charge < -0.3 is 14.6 Å². The van der Waals surface area contributed by atoms with Gasteiger partial charge in [0.15, 0.2) is 0 Å². The number of aliphatic hydroxyl groups excluding tert-OH is 1. The highest BCUT2D eigenvalue weighted by Gasteiger charge is 2.36. The van der Waals surface area contributed by atoms with Gasteiger partial charge in [0.2, 0.25) is 0 Å². The van der Waals surface area contributed by atoms with Gasteiger partial charge in [0.05, 0.1) is 17.2 Å². The van der Waals surface area contributed by atoms with Crippen LogP contribution in [-0.2, 0) is 11.3 Å². The van der Waals surface area contributed by atoms with E-state index in [1.54, 1.807) is 4.90 Å². The van der Waals surface area contributed by atoms with Crippen molar-refractivity contribution in [1.82, 2.24) is 9.30 Å². The number of hydrogen-bond donors (Lipinski definition) is 2. The largest absolute Gasteiger partial charge is 0.480 e. The smallest absolute Gasteiger partial charge is 0.321 e. The fourth-order valence-corrected chi connectivity index (χ4v) is 2.96. The standard InChI is InChI=1S/C15H15N3O3/c16-6-12-10(7-17-4-2-1-3-13(12)17)8-18-9-11(19)5-14(18)15(20)21/h1-4,7,11,14,19H,5,8-9H2,(H,20,21). The molecule has 108 valence electrons. The lowest BCUT2D eigenvalue weighted by Crippen LogP contribution is -2.35. The van der Waals surface area contributed by atoms with E-state index in [-0.39, 0.29) is 6.42 Å². The summed E-state index contributed by atoms with van der Waals surface area (Å²) < 4.78 is 1.86. The molecule has 0 aromatic carbocycles. The van der Waals surface area contributed by atoms with Crippen LogP contribution in [0.25, 0.3) is 5.52 Å². The Hall–Kier alpha value is -2.36. The number of carboxylic acid groups (broad SMARTS) is 1. The molecular formula is C15H15N3O3. The van der Waals surface area contributed by atoms with Gasteiger partial charge in [0.1, 0.15) is 12.1 Å². The Labute approximate surface area is 121 Å². The number of likely N-dealkylation sites (tertiary alicyclic amines) is 1. The Bertz CT molecular complexity index is 731. The third kappa shape index (κ3) is 2.37. The summed E-state index contributed by atoms with van der Waals surface area (Å²) in [5.74, 6) is -0.936. The predicted molar refractivity (Wildman–Crippen MR) is 74.6 cm³/mol. The average Bonchev–Trinajstić information content (AvgIpc) is 2.99. The lowest BCUT2D eigenvalue weighted by Gasteiger charge is -2.20. The van der Waals surface area contributed by atoms with Crippen LogP contribution < -0.4 is 0 Å². The van der Waals surface area contributed by atoms with Crippen LogP contribution in [0.4, 0.5) is 0 Å². The van der Waals surface area contributed by atoms with Crippen molar-refractivity contribution < 1.29 is 15.0 Å². The van der Waals surface area contributed by atoms with E-state index in [9.17, 15) is 20.3 Å². The van der Waals surface area contributed by atoms with Gasteiger partial charge >= 0.3 is 5.97 Å². The molecule has 1 fully saturated rings. The summed E-state index contributed by atoms with van der Waals surface area (Å²) in [6.45, 7) is 0.659. The minimum atomic E-state index is -0.936. The molecule has 3 rings (SSSR count). The fraction of sp³-hybridized carbons (Fsp3) is 0.333. The molecule has 6 heteroatoms. The van der Waals surface area contributed by atoms with E-state index in [4.69, 9.17) is 0 Å². The molecular weight excluding hydrogens is 270 g/mol. The summed E-state index contributed by atoms with van der Waals surface area (Å²) in [4.78, 5) is 13.0. The zero-order valence-electron chi connectivity index (χ0n) is 11.3. The van der Waals surface area contributed by atoms with E-state index in [0.29, 0.717) is 18.7 Å². The number of hydrogen-bond acceptors (Lipinski definition) is 4. The van der Waals surface area contributed by atoms with Gasteiger partial charge in [-0.3, -0.25) is 9.69 Å². The summed E-state index contributed by atoms with van der Waals surface area (Å²) in [6.07, 6.45) is 3.29. The third-order valence-corrected chi connectivity index (χ3v) is 3.91. The van der Waals surface area contributed by atoms with E-state index in [0.717, 1.165) is 11.1 Å². The lowest BCUT2D eigenvalue weighted by atomic mass is 10.1. The van der Waals surface area contributed by atoms with Crippen LogP contribution in [0.2, 0.25) is 0 Å². The van der Waals surface area contributed by atoms with Gasteiger partial charge in [-0.05, 0) is 12.1 Å². The first-order valence-corrected chi connectivity index (χ1v) is 6.73. The number of β-amino-alcohol motifs (C(OH)–C–C–N with tert-alkyl or cyclic N) is 1. The van der Waals surface area contributed by atoms with Gasteiger partial charge in [-0.1, -0.05) is 6.07 Å². The number of aliphatic hydroxyl groups is 1. The van der Waals surface area contributed by atoms with Crippen molar-refractivity contribution in [3.8, 4) is 6.07 Å². The van der Waals surface area contributed by atoms with Crippen LogP contribution in [0.3, 0.4) is 0 Å². The highest BCUT2D eigenvalue weighted by molar-refractivity contribution is 5.74. The first-order valence-electron chi connectivity index (χ1n) is 6.73. The summed E-state index contributed by atoms with van der Waals surface area (Å²) in [5, 5.41) is 28.3. The Morgan fingerprint density at radius 1 is 1.48 bits per heavy atom. The molecule has 2 aromatic rings. The van der Waals surface area contributed by atoms with Crippen molar-refractivity contribution in [2.45, 2.75) is 25.1 Å². The first-order chi connectivity index (χ1) is 10.1. The van der Waals surface area contributed by atoms with Crippen LogP contribution in [0.1, 0.15) is 17.5 Å². The molecule has 0 spiro atoms. The average molecular weight is 285 g/mol. The number of pyridine rings is 1. The van der Waals surface area contributed by atoms with Gasteiger partial charge in [0, 0.05) is 37.5 Å². The van der Waals surface area contributed by atoms with Crippen LogP contribution in [0.5, 0.6) is 0 Å². The van der Waals surface area contributed by atoms with Crippen molar-refractivity contribution in [2.24, 2.45) is 0 Å². The molecule has 0 aliphatic carbocycles. The highest BCUT2D eigenvalue weighted by atomic mass is 16.4. The van der Waals surface area contributed by atoms with Crippen molar-refractivity contribution in [3.63, 3.8) is 0 Å². The van der Waals surface area contributed by atoms with Crippen molar-refractivity contribution >= 4 is 11.5 Å². The molecule has 1 aliphatic heterocycles. The molecule has 1 saturated heterocycles. The normalized spacial score (nSPS) is 22.5. The zero-order chi connectivity index (χ0) is 15.0. The number of aromatic nitrogens is 1. The van der Waals surface area contributed by atoms with Gasteiger partial charge in [0.25, 0.3) is 0 Å². The minimum absolute atomic E-state index is 0.227. The topological polar surface area (TPSA) is 89.0 Å². The summed E-state index contributed by atoms with van der Waals surface area (Å²) in [5.41, 5.74) is 2.15. The molecule has 2 aromatic heterocycles. The van der Waals surface area contributed by atoms with Crippen molar-refractivity contribution in [1.29, 1.82) is 5.26 Å². The number of fused-ring (bicyclic) bond motifs is 1. The van der Waals surface area contributed by atoms with E-state index < -0.39 is 18.1 Å². The SMILES string of the molecule is N#Cc1c(CN2CC(O)CC2C(=O)O)cn2ccccc12. The Morgan fingerprint density at radius 3 is 3.00 bits per heavy atom. The number of nitrogens with zero attached hydrogens (tertiary/aromatic N) is 3. The number of rotatable bonds is 3. The van der Waals surface area contributed by atoms with E-state index in [1.807, 2.05) is 35.0 Å². The van der Waals surface area contributed by atoms with Crippen LogP contribution in [0.15, 0.2) is 30.6 Å². The van der Waals surface area contributed by atoms with E-state index in [1.165, 1.54) is 0 Å².